The van der Waals surface area contributed by atoms with Gasteiger partial charge in [-0.2, -0.15) is 0 Å². The summed E-state index contributed by atoms with van der Waals surface area (Å²) < 4.78 is 34.6. The first-order valence-electron chi connectivity index (χ1n) is 12.5. The van der Waals surface area contributed by atoms with Gasteiger partial charge in [-0.05, 0) is 25.7 Å². The summed E-state index contributed by atoms with van der Waals surface area (Å²) in [6.45, 7) is 4.38. The van der Waals surface area contributed by atoms with Crippen LogP contribution in [0.2, 0.25) is 0 Å². The largest absolute Gasteiger partial charge is 1.00 e. The van der Waals surface area contributed by atoms with Crippen molar-refractivity contribution in [3.05, 3.63) is 0 Å². The van der Waals surface area contributed by atoms with Crippen LogP contribution < -0.4 is 51.4 Å². The van der Waals surface area contributed by atoms with E-state index < -0.39 is 15.4 Å². The molecule has 0 aromatic heterocycles. The topological polar surface area (TPSA) is 77.4 Å². The molecule has 0 fully saturated rings. The van der Waals surface area contributed by atoms with E-state index in [1.807, 2.05) is 0 Å². The molecule has 6 heteroatoms. The van der Waals surface area contributed by atoms with Gasteiger partial charge in [0.05, 0.1) is 16.2 Å². The van der Waals surface area contributed by atoms with Crippen LogP contribution >= 0.6 is 0 Å². The smallest absolute Gasteiger partial charge is 0.748 e. The molecule has 0 radical (unpaired) electrons. The van der Waals surface area contributed by atoms with E-state index in [1.54, 1.807) is 0 Å². The molecule has 4 nitrogen and oxygen atoms in total. The fourth-order valence-corrected chi connectivity index (χ4v) is 4.91. The molecule has 1 N–H and O–H groups in total. The second-order valence-electron chi connectivity index (χ2n) is 8.87. The van der Waals surface area contributed by atoms with Crippen molar-refractivity contribution in [1.82, 2.24) is 0 Å². The molecule has 0 aliphatic heterocycles. The summed E-state index contributed by atoms with van der Waals surface area (Å²) in [6.07, 6.45) is 20.6. The standard InChI is InChI=1S/C24H50O4S.K/c1-3-5-7-8-9-13-17-21-24(29(26,27)28)22-18-14-11-10-12-16-20-23(25)19-15-6-4-2;/h23-25H,3-22H2,1-2H3,(H,26,27,28);/q;+1/p-1. The molecule has 0 aromatic rings. The van der Waals surface area contributed by atoms with E-state index in [4.69, 9.17) is 0 Å². The van der Waals surface area contributed by atoms with Crippen LogP contribution in [0.25, 0.3) is 0 Å². The van der Waals surface area contributed by atoms with Gasteiger partial charge in [-0.25, -0.2) is 8.42 Å². The van der Waals surface area contributed by atoms with Crippen LogP contribution in [-0.2, 0) is 10.1 Å². The van der Waals surface area contributed by atoms with Gasteiger partial charge in [-0.1, -0.05) is 117 Å². The van der Waals surface area contributed by atoms with Crippen LogP contribution in [0.15, 0.2) is 0 Å². The molecule has 2 atom stereocenters. The average molecular weight is 473 g/mol. The maximum absolute atomic E-state index is 11.5. The van der Waals surface area contributed by atoms with E-state index >= 15 is 0 Å². The Morgan fingerprint density at radius 1 is 0.600 bits per heavy atom. The SMILES string of the molecule is CCCCCCCCCC(CCCCCCCCC(O)CCCCC)S(=O)(=O)[O-].[K+]. The summed E-state index contributed by atoms with van der Waals surface area (Å²) in [5, 5.41) is 9.23. The van der Waals surface area contributed by atoms with Gasteiger partial charge in [0.1, 0.15) is 0 Å². The van der Waals surface area contributed by atoms with Gasteiger partial charge in [0, 0.05) is 5.25 Å². The summed E-state index contributed by atoms with van der Waals surface area (Å²) in [4.78, 5) is 0. The van der Waals surface area contributed by atoms with E-state index in [-0.39, 0.29) is 57.5 Å². The molecule has 0 bridgehead atoms. The van der Waals surface area contributed by atoms with Crippen molar-refractivity contribution in [1.29, 1.82) is 0 Å². The Labute approximate surface area is 230 Å². The van der Waals surface area contributed by atoms with Crippen LogP contribution in [0.4, 0.5) is 0 Å². The molecular formula is C24H49KO4S. The van der Waals surface area contributed by atoms with Gasteiger partial charge >= 0.3 is 51.4 Å². The second-order valence-corrected chi connectivity index (χ2v) is 10.5. The number of aliphatic hydroxyl groups excluding tert-OH is 1. The molecule has 0 spiro atoms. The van der Waals surface area contributed by atoms with E-state index in [0.717, 1.165) is 77.0 Å². The minimum absolute atomic E-state index is 0. The van der Waals surface area contributed by atoms with Gasteiger partial charge in [-0.3, -0.25) is 0 Å². The Bertz CT molecular complexity index is 442. The summed E-state index contributed by atoms with van der Waals surface area (Å²) >= 11 is 0. The zero-order chi connectivity index (χ0) is 21.8. The molecule has 0 amide bonds. The van der Waals surface area contributed by atoms with Gasteiger partial charge in [0.2, 0.25) is 0 Å². The van der Waals surface area contributed by atoms with Crippen LogP contribution in [0, 0.1) is 0 Å². The molecule has 0 heterocycles. The molecular weight excluding hydrogens is 423 g/mol. The Morgan fingerprint density at radius 3 is 1.30 bits per heavy atom. The van der Waals surface area contributed by atoms with E-state index in [2.05, 4.69) is 13.8 Å². The number of aliphatic hydroxyl groups is 1. The molecule has 0 aromatic carbocycles. The molecule has 0 saturated carbocycles. The zero-order valence-electron chi connectivity index (χ0n) is 20.4. The Balaban J connectivity index is 0. The molecule has 0 aliphatic carbocycles. The Kier molecular flexibility index (Phi) is 26.6. The number of unbranched alkanes of at least 4 members (excludes halogenated alkanes) is 13. The van der Waals surface area contributed by atoms with Crippen LogP contribution in [0.3, 0.4) is 0 Å². The third-order valence-corrected chi connectivity index (χ3v) is 7.28. The predicted octanol–water partition coefficient (Wildman–Crippen LogP) is 4.11. The molecule has 0 rings (SSSR count). The Hall–Kier alpha value is 1.51. The summed E-state index contributed by atoms with van der Waals surface area (Å²) in [7, 11) is -4.16. The van der Waals surface area contributed by atoms with E-state index in [1.165, 1.54) is 38.5 Å². The van der Waals surface area contributed by atoms with Gasteiger partial charge in [-0.15, -0.1) is 0 Å². The second kappa shape index (κ2) is 23.7. The minimum atomic E-state index is -4.16. The van der Waals surface area contributed by atoms with Gasteiger partial charge < -0.3 is 9.66 Å². The first-order chi connectivity index (χ1) is 13.9. The van der Waals surface area contributed by atoms with Crippen LogP contribution in [0.1, 0.15) is 142 Å². The predicted molar refractivity (Wildman–Crippen MR) is 123 cm³/mol. The van der Waals surface area contributed by atoms with Crippen molar-refractivity contribution in [2.45, 2.75) is 154 Å². The van der Waals surface area contributed by atoms with Crippen molar-refractivity contribution in [2.24, 2.45) is 0 Å². The monoisotopic (exact) mass is 472 g/mol. The first kappa shape index (κ1) is 33.7. The van der Waals surface area contributed by atoms with Crippen molar-refractivity contribution in [3.63, 3.8) is 0 Å². The average Bonchev–Trinajstić information content (AvgIpc) is 2.66. The number of hydrogen-bond donors (Lipinski definition) is 1. The molecule has 176 valence electrons. The fraction of sp³-hybridized carbons (Fsp3) is 1.00. The molecule has 0 saturated heterocycles. The summed E-state index contributed by atoms with van der Waals surface area (Å²) in [5.74, 6) is 0. The maximum Gasteiger partial charge on any atom is 1.00 e. The zero-order valence-corrected chi connectivity index (χ0v) is 24.3. The third kappa shape index (κ3) is 22.7. The minimum Gasteiger partial charge on any atom is -0.748 e. The van der Waals surface area contributed by atoms with Crippen LogP contribution in [0.5, 0.6) is 0 Å². The fourth-order valence-electron chi connectivity index (χ4n) is 4.00. The van der Waals surface area contributed by atoms with Crippen LogP contribution in [-0.4, -0.2) is 29.4 Å². The van der Waals surface area contributed by atoms with E-state index in [0.29, 0.717) is 12.8 Å². The molecule has 2 unspecified atom stereocenters. The third-order valence-electron chi connectivity index (χ3n) is 5.99. The normalized spacial score (nSPS) is 13.7. The summed E-state index contributed by atoms with van der Waals surface area (Å²) in [6, 6.07) is 0. The maximum atomic E-state index is 11.5. The van der Waals surface area contributed by atoms with Crippen molar-refractivity contribution >= 4 is 10.1 Å². The van der Waals surface area contributed by atoms with Crippen molar-refractivity contribution < 1.29 is 69.5 Å². The number of rotatable bonds is 22. The van der Waals surface area contributed by atoms with Gasteiger partial charge in [0.25, 0.3) is 0 Å². The first-order valence-corrected chi connectivity index (χ1v) is 14.0. The van der Waals surface area contributed by atoms with E-state index in [9.17, 15) is 18.1 Å². The van der Waals surface area contributed by atoms with Crippen molar-refractivity contribution in [2.75, 3.05) is 0 Å². The summed E-state index contributed by atoms with van der Waals surface area (Å²) in [5.41, 5.74) is 0. The Morgan fingerprint density at radius 2 is 0.900 bits per heavy atom. The van der Waals surface area contributed by atoms with Crippen molar-refractivity contribution in [3.8, 4) is 0 Å². The number of hydrogen-bond acceptors (Lipinski definition) is 4. The molecule has 30 heavy (non-hydrogen) atoms. The van der Waals surface area contributed by atoms with Gasteiger partial charge in [0.15, 0.2) is 0 Å². The molecule has 0 aliphatic rings. The quantitative estimate of drug-likeness (QED) is 0.146.